The standard InChI is InChI=1S/C16H17NO3/c1-11(2)14-9-8-13(16(19)20)15(18)17(14)10-12-6-4-3-5-7-12/h3-9,11H,10H2,1-2H3,(H,19,20). The Kier molecular flexibility index (Phi) is 4.03. The molecule has 0 amide bonds. The molecule has 0 spiro atoms. The van der Waals surface area contributed by atoms with E-state index in [-0.39, 0.29) is 11.5 Å². The summed E-state index contributed by atoms with van der Waals surface area (Å²) in [7, 11) is 0. The maximum atomic E-state index is 12.3. The first-order chi connectivity index (χ1) is 9.50. The van der Waals surface area contributed by atoms with Crippen LogP contribution in [0.1, 0.15) is 41.4 Å². The van der Waals surface area contributed by atoms with Crippen LogP contribution in [0.15, 0.2) is 47.3 Å². The van der Waals surface area contributed by atoms with Gasteiger partial charge in [-0.1, -0.05) is 44.2 Å². The normalized spacial score (nSPS) is 10.8. The molecule has 104 valence electrons. The third-order valence-electron chi connectivity index (χ3n) is 3.21. The molecule has 1 N–H and O–H groups in total. The quantitative estimate of drug-likeness (QED) is 0.930. The second-order valence-corrected chi connectivity index (χ2v) is 5.01. The molecule has 20 heavy (non-hydrogen) atoms. The highest BCUT2D eigenvalue weighted by atomic mass is 16.4. The van der Waals surface area contributed by atoms with Crippen molar-refractivity contribution in [2.24, 2.45) is 0 Å². The van der Waals surface area contributed by atoms with Gasteiger partial charge in [0.05, 0.1) is 6.54 Å². The molecule has 0 unspecified atom stereocenters. The Balaban J connectivity index is 2.56. The summed E-state index contributed by atoms with van der Waals surface area (Å²) in [5, 5.41) is 9.07. The summed E-state index contributed by atoms with van der Waals surface area (Å²) in [4.78, 5) is 23.4. The van der Waals surface area contributed by atoms with E-state index in [0.717, 1.165) is 11.3 Å². The molecule has 0 fully saturated rings. The zero-order valence-corrected chi connectivity index (χ0v) is 11.5. The van der Waals surface area contributed by atoms with Crippen LogP contribution in [0.5, 0.6) is 0 Å². The molecule has 2 rings (SSSR count). The van der Waals surface area contributed by atoms with Gasteiger partial charge in [-0.15, -0.1) is 0 Å². The number of aromatic carboxylic acids is 1. The van der Waals surface area contributed by atoms with Crippen molar-refractivity contribution in [3.8, 4) is 0 Å². The number of carboxylic acid groups (broad SMARTS) is 1. The average molecular weight is 271 g/mol. The van der Waals surface area contributed by atoms with Crippen LogP contribution in [0.25, 0.3) is 0 Å². The monoisotopic (exact) mass is 271 g/mol. The zero-order chi connectivity index (χ0) is 14.7. The van der Waals surface area contributed by atoms with Gasteiger partial charge in [-0.25, -0.2) is 4.79 Å². The molecule has 1 heterocycles. The highest BCUT2D eigenvalue weighted by Gasteiger charge is 2.15. The molecule has 0 saturated carbocycles. The third-order valence-corrected chi connectivity index (χ3v) is 3.21. The maximum absolute atomic E-state index is 12.3. The fourth-order valence-corrected chi connectivity index (χ4v) is 2.19. The number of nitrogens with zero attached hydrogens (tertiary/aromatic N) is 1. The van der Waals surface area contributed by atoms with Crippen molar-refractivity contribution in [3.63, 3.8) is 0 Å². The Bertz CT molecular complexity index is 672. The van der Waals surface area contributed by atoms with Crippen LogP contribution >= 0.6 is 0 Å². The fourth-order valence-electron chi connectivity index (χ4n) is 2.19. The Hall–Kier alpha value is -2.36. The van der Waals surface area contributed by atoms with Gasteiger partial charge in [0.15, 0.2) is 0 Å². The summed E-state index contributed by atoms with van der Waals surface area (Å²) < 4.78 is 1.55. The molecular weight excluding hydrogens is 254 g/mol. The average Bonchev–Trinajstić information content (AvgIpc) is 2.41. The lowest BCUT2D eigenvalue weighted by Crippen LogP contribution is -2.29. The molecule has 0 aliphatic heterocycles. The molecule has 0 saturated heterocycles. The molecule has 0 aliphatic carbocycles. The minimum absolute atomic E-state index is 0.147. The smallest absolute Gasteiger partial charge is 0.341 e. The van der Waals surface area contributed by atoms with Crippen molar-refractivity contribution in [1.82, 2.24) is 4.57 Å². The highest BCUT2D eigenvalue weighted by molar-refractivity contribution is 5.87. The predicted octanol–water partition coefficient (Wildman–Crippen LogP) is 2.72. The first kappa shape index (κ1) is 14.1. The lowest BCUT2D eigenvalue weighted by molar-refractivity contribution is 0.0694. The molecule has 2 aromatic rings. The van der Waals surface area contributed by atoms with Crippen LogP contribution < -0.4 is 5.56 Å². The summed E-state index contributed by atoms with van der Waals surface area (Å²) in [5.41, 5.74) is 1.17. The van der Waals surface area contributed by atoms with Gasteiger partial charge in [0, 0.05) is 5.69 Å². The Morgan fingerprint density at radius 2 is 1.80 bits per heavy atom. The third kappa shape index (κ3) is 2.79. The van der Waals surface area contributed by atoms with Crippen LogP contribution in [0.2, 0.25) is 0 Å². The number of hydrogen-bond acceptors (Lipinski definition) is 2. The molecule has 0 aliphatic rings. The van der Waals surface area contributed by atoms with Gasteiger partial charge in [0.25, 0.3) is 5.56 Å². The maximum Gasteiger partial charge on any atom is 0.341 e. The SMILES string of the molecule is CC(C)c1ccc(C(=O)O)c(=O)n1Cc1ccccc1. The number of pyridine rings is 1. The van der Waals surface area contributed by atoms with Crippen LogP contribution in [0.4, 0.5) is 0 Å². The van der Waals surface area contributed by atoms with Gasteiger partial charge in [-0.2, -0.15) is 0 Å². The highest BCUT2D eigenvalue weighted by Crippen LogP contribution is 2.14. The molecule has 1 aromatic carbocycles. The van der Waals surface area contributed by atoms with Crippen molar-refractivity contribution in [1.29, 1.82) is 0 Å². The largest absolute Gasteiger partial charge is 0.477 e. The lowest BCUT2D eigenvalue weighted by atomic mass is 10.1. The number of carboxylic acids is 1. The van der Waals surface area contributed by atoms with E-state index in [2.05, 4.69) is 0 Å². The number of carbonyl (C=O) groups is 1. The van der Waals surface area contributed by atoms with Crippen LogP contribution in [-0.2, 0) is 6.54 Å². The van der Waals surface area contributed by atoms with E-state index in [4.69, 9.17) is 5.11 Å². The first-order valence-electron chi connectivity index (χ1n) is 6.51. The minimum Gasteiger partial charge on any atom is -0.477 e. The van der Waals surface area contributed by atoms with E-state index < -0.39 is 11.5 Å². The second kappa shape index (κ2) is 5.74. The Labute approximate surface area is 117 Å². The molecule has 0 atom stereocenters. The minimum atomic E-state index is -1.19. The lowest BCUT2D eigenvalue weighted by Gasteiger charge is -2.16. The molecule has 0 bridgehead atoms. The van der Waals surface area contributed by atoms with E-state index in [1.165, 1.54) is 6.07 Å². The predicted molar refractivity (Wildman–Crippen MR) is 77.3 cm³/mol. The van der Waals surface area contributed by atoms with E-state index in [0.29, 0.717) is 6.54 Å². The van der Waals surface area contributed by atoms with E-state index in [1.54, 1.807) is 10.6 Å². The zero-order valence-electron chi connectivity index (χ0n) is 11.5. The van der Waals surface area contributed by atoms with Crippen LogP contribution in [0.3, 0.4) is 0 Å². The van der Waals surface area contributed by atoms with Gasteiger partial charge in [0.1, 0.15) is 5.56 Å². The summed E-state index contributed by atoms with van der Waals surface area (Å²) in [5.74, 6) is -1.04. The van der Waals surface area contributed by atoms with E-state index in [9.17, 15) is 9.59 Å². The number of aromatic nitrogens is 1. The van der Waals surface area contributed by atoms with Crippen molar-refractivity contribution >= 4 is 5.97 Å². The van der Waals surface area contributed by atoms with Gasteiger partial charge < -0.3 is 9.67 Å². The number of hydrogen-bond donors (Lipinski definition) is 1. The Morgan fingerprint density at radius 1 is 1.15 bits per heavy atom. The summed E-state index contributed by atoms with van der Waals surface area (Å²) >= 11 is 0. The van der Waals surface area contributed by atoms with Crippen LogP contribution in [0, 0.1) is 0 Å². The molecular formula is C16H17NO3. The van der Waals surface area contributed by atoms with E-state index in [1.807, 2.05) is 44.2 Å². The second-order valence-electron chi connectivity index (χ2n) is 5.01. The number of benzene rings is 1. The van der Waals surface area contributed by atoms with Gasteiger partial charge >= 0.3 is 5.97 Å². The molecule has 0 radical (unpaired) electrons. The molecule has 4 heteroatoms. The topological polar surface area (TPSA) is 59.3 Å². The number of rotatable bonds is 4. The Morgan fingerprint density at radius 3 is 2.35 bits per heavy atom. The summed E-state index contributed by atoms with van der Waals surface area (Å²) in [6, 6.07) is 12.7. The first-order valence-corrected chi connectivity index (χ1v) is 6.51. The summed E-state index contributed by atoms with van der Waals surface area (Å²) in [6.45, 7) is 4.35. The van der Waals surface area contributed by atoms with E-state index >= 15 is 0 Å². The van der Waals surface area contributed by atoms with Crippen molar-refractivity contribution in [3.05, 3.63) is 69.6 Å². The van der Waals surface area contributed by atoms with Crippen molar-refractivity contribution in [2.75, 3.05) is 0 Å². The van der Waals surface area contributed by atoms with Crippen molar-refractivity contribution in [2.45, 2.75) is 26.3 Å². The van der Waals surface area contributed by atoms with Gasteiger partial charge in [-0.05, 0) is 23.6 Å². The fraction of sp³-hybridized carbons (Fsp3) is 0.250. The summed E-state index contributed by atoms with van der Waals surface area (Å²) in [6.07, 6.45) is 0. The van der Waals surface area contributed by atoms with Gasteiger partial charge in [0.2, 0.25) is 0 Å². The van der Waals surface area contributed by atoms with Gasteiger partial charge in [-0.3, -0.25) is 4.79 Å². The molecule has 1 aromatic heterocycles. The van der Waals surface area contributed by atoms with Crippen molar-refractivity contribution < 1.29 is 9.90 Å². The molecule has 4 nitrogen and oxygen atoms in total. The van der Waals surface area contributed by atoms with Crippen LogP contribution in [-0.4, -0.2) is 15.6 Å².